The summed E-state index contributed by atoms with van der Waals surface area (Å²) in [5.74, 6) is -0.581. The van der Waals surface area contributed by atoms with E-state index >= 15 is 0 Å². The van der Waals surface area contributed by atoms with E-state index in [4.69, 9.17) is 4.74 Å². The second-order valence-electron chi connectivity index (χ2n) is 5.58. The Kier molecular flexibility index (Phi) is 6.65. The van der Waals surface area contributed by atoms with Gasteiger partial charge in [0.15, 0.2) is 0 Å². The van der Waals surface area contributed by atoms with Crippen molar-refractivity contribution in [3.63, 3.8) is 0 Å². The van der Waals surface area contributed by atoms with Crippen molar-refractivity contribution in [2.75, 3.05) is 26.8 Å². The number of carbonyl (C=O) groups is 2. The lowest BCUT2D eigenvalue weighted by Gasteiger charge is -2.08. The van der Waals surface area contributed by atoms with Crippen molar-refractivity contribution in [2.45, 2.75) is 26.8 Å². The number of aromatic nitrogens is 2. The van der Waals surface area contributed by atoms with Crippen molar-refractivity contribution >= 4 is 33.4 Å². The van der Waals surface area contributed by atoms with Crippen molar-refractivity contribution in [3.8, 4) is 0 Å². The number of ether oxygens (including phenoxy) is 1. The van der Waals surface area contributed by atoms with Gasteiger partial charge in [-0.1, -0.05) is 0 Å². The van der Waals surface area contributed by atoms with Crippen LogP contribution in [0.5, 0.6) is 0 Å². The predicted octanol–water partition coefficient (Wildman–Crippen LogP) is 0.344. The van der Waals surface area contributed by atoms with Crippen LogP contribution in [0.2, 0.25) is 0 Å². The van der Waals surface area contributed by atoms with Crippen molar-refractivity contribution in [1.82, 2.24) is 20.2 Å². The van der Waals surface area contributed by atoms with Gasteiger partial charge in [0.05, 0.1) is 24.9 Å². The second kappa shape index (κ2) is 8.72. The Bertz CT molecular complexity index is 827. The molecular formula is C16H22N4O4S. The molecule has 0 aliphatic rings. The number of carbonyl (C=O) groups excluding carboxylic acids is 2. The zero-order chi connectivity index (χ0) is 18.4. The third-order valence-corrected chi connectivity index (χ3v) is 4.93. The summed E-state index contributed by atoms with van der Waals surface area (Å²) in [5, 5.41) is 5.75. The number of nitrogens with zero attached hydrogens (tertiary/aromatic N) is 2. The minimum Gasteiger partial charge on any atom is -0.383 e. The minimum atomic E-state index is -0.299. The maximum absolute atomic E-state index is 12.5. The molecule has 136 valence electrons. The molecule has 25 heavy (non-hydrogen) atoms. The Morgan fingerprint density at radius 1 is 1.28 bits per heavy atom. The van der Waals surface area contributed by atoms with E-state index in [0.29, 0.717) is 23.4 Å². The highest BCUT2D eigenvalue weighted by molar-refractivity contribution is 7.18. The van der Waals surface area contributed by atoms with Gasteiger partial charge < -0.3 is 15.4 Å². The largest absolute Gasteiger partial charge is 0.383 e. The molecule has 2 heterocycles. The highest BCUT2D eigenvalue weighted by atomic mass is 32.1. The monoisotopic (exact) mass is 366 g/mol. The Labute approximate surface area is 149 Å². The van der Waals surface area contributed by atoms with E-state index < -0.39 is 0 Å². The summed E-state index contributed by atoms with van der Waals surface area (Å²) in [6.07, 6.45) is 1.56. The summed E-state index contributed by atoms with van der Waals surface area (Å²) in [7, 11) is 1.54. The molecule has 2 amide bonds. The van der Waals surface area contributed by atoms with Crippen LogP contribution in [-0.4, -0.2) is 48.2 Å². The van der Waals surface area contributed by atoms with Gasteiger partial charge in [0.2, 0.25) is 11.8 Å². The SMILES string of the molecule is COCCNC(=O)CNC(=O)CCn1cnc2sc(C)c(C)c2c1=O. The van der Waals surface area contributed by atoms with Gasteiger partial charge in [0.25, 0.3) is 5.56 Å². The predicted molar refractivity (Wildman–Crippen MR) is 95.9 cm³/mol. The maximum atomic E-state index is 12.5. The quantitative estimate of drug-likeness (QED) is 0.656. The summed E-state index contributed by atoms with van der Waals surface area (Å²) >= 11 is 1.49. The summed E-state index contributed by atoms with van der Waals surface area (Å²) in [6.45, 7) is 4.78. The molecule has 0 saturated carbocycles. The van der Waals surface area contributed by atoms with Gasteiger partial charge in [0, 0.05) is 31.5 Å². The summed E-state index contributed by atoms with van der Waals surface area (Å²) in [5.41, 5.74) is 0.793. The van der Waals surface area contributed by atoms with Gasteiger partial charge in [-0.3, -0.25) is 19.0 Å². The Balaban J connectivity index is 1.89. The molecule has 2 aromatic heterocycles. The lowest BCUT2D eigenvalue weighted by Crippen LogP contribution is -2.38. The highest BCUT2D eigenvalue weighted by Crippen LogP contribution is 2.25. The number of amides is 2. The van der Waals surface area contributed by atoms with E-state index in [1.807, 2.05) is 13.8 Å². The molecule has 2 rings (SSSR count). The van der Waals surface area contributed by atoms with E-state index in [9.17, 15) is 14.4 Å². The molecule has 0 aliphatic heterocycles. The van der Waals surface area contributed by atoms with Crippen LogP contribution in [0.4, 0.5) is 0 Å². The molecule has 0 fully saturated rings. The zero-order valence-electron chi connectivity index (χ0n) is 14.5. The minimum absolute atomic E-state index is 0.0978. The smallest absolute Gasteiger partial charge is 0.262 e. The fourth-order valence-corrected chi connectivity index (χ4v) is 3.26. The molecule has 0 saturated heterocycles. The highest BCUT2D eigenvalue weighted by Gasteiger charge is 2.13. The van der Waals surface area contributed by atoms with Gasteiger partial charge in [-0.2, -0.15) is 0 Å². The third kappa shape index (κ3) is 4.86. The lowest BCUT2D eigenvalue weighted by atomic mass is 10.2. The normalized spacial score (nSPS) is 10.8. The van der Waals surface area contributed by atoms with Crippen molar-refractivity contribution in [2.24, 2.45) is 0 Å². The lowest BCUT2D eigenvalue weighted by molar-refractivity contribution is -0.126. The second-order valence-corrected chi connectivity index (χ2v) is 6.78. The van der Waals surface area contributed by atoms with Crippen molar-refractivity contribution in [1.29, 1.82) is 0 Å². The molecule has 0 aliphatic carbocycles. The van der Waals surface area contributed by atoms with Crippen LogP contribution < -0.4 is 16.2 Å². The number of nitrogens with one attached hydrogen (secondary N) is 2. The van der Waals surface area contributed by atoms with Gasteiger partial charge >= 0.3 is 0 Å². The average molecular weight is 366 g/mol. The Morgan fingerprint density at radius 3 is 2.76 bits per heavy atom. The summed E-state index contributed by atoms with van der Waals surface area (Å²) < 4.78 is 6.25. The van der Waals surface area contributed by atoms with Crippen LogP contribution in [0.25, 0.3) is 10.2 Å². The van der Waals surface area contributed by atoms with Crippen LogP contribution in [-0.2, 0) is 20.9 Å². The number of methoxy groups -OCH3 is 1. The first-order chi connectivity index (χ1) is 11.9. The van der Waals surface area contributed by atoms with Gasteiger partial charge in [-0.05, 0) is 19.4 Å². The summed E-state index contributed by atoms with van der Waals surface area (Å²) in [6, 6.07) is 0. The van der Waals surface area contributed by atoms with E-state index in [1.165, 1.54) is 22.2 Å². The molecule has 0 spiro atoms. The van der Waals surface area contributed by atoms with Crippen LogP contribution >= 0.6 is 11.3 Å². The first-order valence-corrected chi connectivity index (χ1v) is 8.73. The fraction of sp³-hybridized carbons (Fsp3) is 0.500. The van der Waals surface area contributed by atoms with Crippen molar-refractivity contribution in [3.05, 3.63) is 27.1 Å². The number of hydrogen-bond donors (Lipinski definition) is 2. The van der Waals surface area contributed by atoms with Crippen molar-refractivity contribution < 1.29 is 14.3 Å². The van der Waals surface area contributed by atoms with E-state index in [0.717, 1.165) is 10.4 Å². The molecule has 0 aromatic carbocycles. The molecular weight excluding hydrogens is 344 g/mol. The number of thiophene rings is 1. The molecule has 0 atom stereocenters. The first-order valence-electron chi connectivity index (χ1n) is 7.91. The van der Waals surface area contributed by atoms with Crippen LogP contribution in [0.15, 0.2) is 11.1 Å². The maximum Gasteiger partial charge on any atom is 0.262 e. The molecule has 0 radical (unpaired) electrons. The number of fused-ring (bicyclic) bond motifs is 1. The third-order valence-electron chi connectivity index (χ3n) is 3.81. The molecule has 0 bridgehead atoms. The average Bonchev–Trinajstić information content (AvgIpc) is 2.88. The zero-order valence-corrected chi connectivity index (χ0v) is 15.4. The number of aryl methyl sites for hydroxylation is 3. The number of hydrogen-bond acceptors (Lipinski definition) is 6. The summed E-state index contributed by atoms with van der Waals surface area (Å²) in [4.78, 5) is 41.9. The van der Waals surface area contributed by atoms with Crippen LogP contribution in [0.1, 0.15) is 16.9 Å². The Morgan fingerprint density at radius 2 is 2.04 bits per heavy atom. The standard InChI is InChI=1S/C16H22N4O4S/c1-10-11(2)25-15-14(10)16(23)20(9-19-15)6-4-12(21)18-8-13(22)17-5-7-24-3/h9H,4-8H2,1-3H3,(H,17,22)(H,18,21). The molecule has 8 nitrogen and oxygen atoms in total. The Hall–Kier alpha value is -2.26. The van der Waals surface area contributed by atoms with E-state index in [1.54, 1.807) is 7.11 Å². The van der Waals surface area contributed by atoms with Gasteiger partial charge in [-0.15, -0.1) is 11.3 Å². The first kappa shape index (κ1) is 19.1. The fourth-order valence-electron chi connectivity index (χ4n) is 2.27. The molecule has 2 aromatic rings. The topological polar surface area (TPSA) is 102 Å². The molecule has 0 unspecified atom stereocenters. The molecule has 9 heteroatoms. The number of rotatable bonds is 8. The molecule has 2 N–H and O–H groups in total. The van der Waals surface area contributed by atoms with Gasteiger partial charge in [-0.25, -0.2) is 4.98 Å². The van der Waals surface area contributed by atoms with Crippen LogP contribution in [0.3, 0.4) is 0 Å². The van der Waals surface area contributed by atoms with E-state index in [2.05, 4.69) is 15.6 Å². The van der Waals surface area contributed by atoms with E-state index in [-0.39, 0.29) is 36.9 Å². The van der Waals surface area contributed by atoms with Crippen LogP contribution in [0, 0.1) is 13.8 Å². The van der Waals surface area contributed by atoms with Gasteiger partial charge in [0.1, 0.15) is 4.83 Å².